The molecule has 1 aromatic rings. The van der Waals surface area contributed by atoms with Crippen LogP contribution in [0.15, 0.2) is 12.4 Å². The van der Waals surface area contributed by atoms with Gasteiger partial charge in [-0.15, -0.1) is 0 Å². The molecule has 1 aromatic heterocycles. The zero-order valence-electron chi connectivity index (χ0n) is 14.2. The largest absolute Gasteiger partial charge is 0.342 e. The average Bonchev–Trinajstić information content (AvgIpc) is 2.57. The lowest BCUT2D eigenvalue weighted by molar-refractivity contribution is -0.132. The van der Waals surface area contributed by atoms with Crippen molar-refractivity contribution in [1.82, 2.24) is 24.7 Å². The summed E-state index contributed by atoms with van der Waals surface area (Å²) in [6.07, 6.45) is 3.13. The number of aromatic nitrogens is 2. The lowest BCUT2D eigenvalue weighted by Crippen LogP contribution is -2.51. The molecule has 7 nitrogen and oxygen atoms in total. The molecule has 1 aliphatic heterocycles. The second-order valence-corrected chi connectivity index (χ2v) is 5.68. The van der Waals surface area contributed by atoms with E-state index in [1.54, 1.807) is 11.1 Å². The Bertz CT molecular complexity index is 534. The van der Waals surface area contributed by atoms with E-state index < -0.39 is 0 Å². The van der Waals surface area contributed by atoms with Gasteiger partial charge in [0, 0.05) is 45.5 Å². The SMILES string of the molecule is CCN(CC)C(=O)CN1CCN(C(=O)c2cnc(C)cn2)CC1. The molecule has 0 aliphatic carbocycles. The molecule has 126 valence electrons. The van der Waals surface area contributed by atoms with Gasteiger partial charge in [-0.25, -0.2) is 4.98 Å². The number of carbonyl (C=O) groups excluding carboxylic acids is 2. The molecule has 0 spiro atoms. The molecule has 7 heteroatoms. The summed E-state index contributed by atoms with van der Waals surface area (Å²) in [7, 11) is 0. The fourth-order valence-corrected chi connectivity index (χ4v) is 2.64. The maximum absolute atomic E-state index is 12.4. The molecule has 0 unspecified atom stereocenters. The van der Waals surface area contributed by atoms with E-state index in [0.29, 0.717) is 38.4 Å². The predicted molar refractivity (Wildman–Crippen MR) is 87.0 cm³/mol. The Morgan fingerprint density at radius 2 is 1.74 bits per heavy atom. The predicted octanol–water partition coefficient (Wildman–Crippen LogP) is 0.411. The molecule has 0 aromatic carbocycles. The Balaban J connectivity index is 1.85. The molecule has 1 saturated heterocycles. The number of rotatable bonds is 5. The van der Waals surface area contributed by atoms with Gasteiger partial charge in [0.15, 0.2) is 0 Å². The third-order valence-corrected chi connectivity index (χ3v) is 4.13. The molecule has 1 fully saturated rings. The quantitative estimate of drug-likeness (QED) is 0.786. The lowest BCUT2D eigenvalue weighted by Gasteiger charge is -2.35. The molecule has 2 rings (SSSR count). The maximum Gasteiger partial charge on any atom is 0.274 e. The minimum absolute atomic E-state index is 0.0905. The molecule has 1 aliphatic rings. The second kappa shape index (κ2) is 8.01. The molecule has 2 heterocycles. The van der Waals surface area contributed by atoms with Crippen molar-refractivity contribution < 1.29 is 9.59 Å². The minimum Gasteiger partial charge on any atom is -0.342 e. The van der Waals surface area contributed by atoms with E-state index in [4.69, 9.17) is 0 Å². The first-order valence-electron chi connectivity index (χ1n) is 8.13. The zero-order valence-corrected chi connectivity index (χ0v) is 14.2. The highest BCUT2D eigenvalue weighted by atomic mass is 16.2. The van der Waals surface area contributed by atoms with Gasteiger partial charge >= 0.3 is 0 Å². The van der Waals surface area contributed by atoms with Crippen LogP contribution >= 0.6 is 0 Å². The van der Waals surface area contributed by atoms with Gasteiger partial charge in [0.25, 0.3) is 5.91 Å². The van der Waals surface area contributed by atoms with Crippen LogP contribution in [0.4, 0.5) is 0 Å². The normalized spacial score (nSPS) is 15.5. The number of hydrogen-bond acceptors (Lipinski definition) is 5. The van der Waals surface area contributed by atoms with E-state index in [0.717, 1.165) is 18.8 Å². The van der Waals surface area contributed by atoms with Crippen LogP contribution in [-0.4, -0.2) is 82.3 Å². The number of amides is 2. The highest BCUT2D eigenvalue weighted by molar-refractivity contribution is 5.92. The number of aryl methyl sites for hydroxylation is 1. The average molecular weight is 319 g/mol. The van der Waals surface area contributed by atoms with Crippen LogP contribution < -0.4 is 0 Å². The summed E-state index contributed by atoms with van der Waals surface area (Å²) in [5.74, 6) is 0.0615. The van der Waals surface area contributed by atoms with Gasteiger partial charge in [-0.2, -0.15) is 0 Å². The van der Waals surface area contributed by atoms with Crippen LogP contribution in [0.3, 0.4) is 0 Å². The van der Waals surface area contributed by atoms with Crippen LogP contribution in [-0.2, 0) is 4.79 Å². The van der Waals surface area contributed by atoms with E-state index in [9.17, 15) is 9.59 Å². The molecule has 0 N–H and O–H groups in total. The highest BCUT2D eigenvalue weighted by Gasteiger charge is 2.24. The van der Waals surface area contributed by atoms with Gasteiger partial charge in [0.1, 0.15) is 5.69 Å². The second-order valence-electron chi connectivity index (χ2n) is 5.68. The molecule has 23 heavy (non-hydrogen) atoms. The Hall–Kier alpha value is -2.02. The summed E-state index contributed by atoms with van der Waals surface area (Å²) in [6.45, 7) is 10.3. The van der Waals surface area contributed by atoms with Gasteiger partial charge in [0.05, 0.1) is 18.4 Å². The van der Waals surface area contributed by atoms with Crippen LogP contribution in [0, 0.1) is 6.92 Å². The van der Waals surface area contributed by atoms with E-state index in [-0.39, 0.29) is 11.8 Å². The highest BCUT2D eigenvalue weighted by Crippen LogP contribution is 2.07. The number of hydrogen-bond donors (Lipinski definition) is 0. The monoisotopic (exact) mass is 319 g/mol. The molecular formula is C16H25N5O2. The number of piperazine rings is 1. The van der Waals surface area contributed by atoms with Crippen molar-refractivity contribution in [2.75, 3.05) is 45.8 Å². The molecule has 0 saturated carbocycles. The standard InChI is InChI=1S/C16H25N5O2/c1-4-20(5-2)15(22)12-19-6-8-21(9-7-19)16(23)14-11-17-13(3)10-18-14/h10-11H,4-9,12H2,1-3H3. The Morgan fingerprint density at radius 1 is 1.09 bits per heavy atom. The zero-order chi connectivity index (χ0) is 16.8. The first kappa shape index (κ1) is 17.3. The Labute approximate surface area is 137 Å². The van der Waals surface area contributed by atoms with Crippen molar-refractivity contribution in [2.24, 2.45) is 0 Å². The van der Waals surface area contributed by atoms with E-state index >= 15 is 0 Å². The lowest BCUT2D eigenvalue weighted by atomic mass is 10.2. The third kappa shape index (κ3) is 4.48. The number of nitrogens with zero attached hydrogens (tertiary/aromatic N) is 5. The summed E-state index contributed by atoms with van der Waals surface area (Å²) in [6, 6.07) is 0. The van der Waals surface area contributed by atoms with Gasteiger partial charge < -0.3 is 9.80 Å². The van der Waals surface area contributed by atoms with Crippen LogP contribution in [0.25, 0.3) is 0 Å². The van der Waals surface area contributed by atoms with Gasteiger partial charge in [0.2, 0.25) is 5.91 Å². The maximum atomic E-state index is 12.4. The van der Waals surface area contributed by atoms with Crippen molar-refractivity contribution in [3.8, 4) is 0 Å². The van der Waals surface area contributed by atoms with Crippen LogP contribution in [0.5, 0.6) is 0 Å². The van der Waals surface area contributed by atoms with Crippen molar-refractivity contribution in [1.29, 1.82) is 0 Å². The van der Waals surface area contributed by atoms with Crippen LogP contribution in [0.1, 0.15) is 30.0 Å². The molecular weight excluding hydrogens is 294 g/mol. The molecule has 0 atom stereocenters. The molecule has 0 bridgehead atoms. The summed E-state index contributed by atoms with van der Waals surface area (Å²) in [5.41, 5.74) is 1.17. The first-order valence-corrected chi connectivity index (χ1v) is 8.13. The number of likely N-dealkylation sites (N-methyl/N-ethyl adjacent to an activating group) is 1. The summed E-state index contributed by atoms with van der Waals surface area (Å²) in [5, 5.41) is 0. The summed E-state index contributed by atoms with van der Waals surface area (Å²) >= 11 is 0. The van der Waals surface area contributed by atoms with E-state index in [2.05, 4.69) is 14.9 Å². The molecule has 0 radical (unpaired) electrons. The summed E-state index contributed by atoms with van der Waals surface area (Å²) in [4.78, 5) is 38.5. The van der Waals surface area contributed by atoms with E-state index in [1.165, 1.54) is 6.20 Å². The number of carbonyl (C=O) groups is 2. The van der Waals surface area contributed by atoms with Gasteiger partial charge in [-0.05, 0) is 20.8 Å². The van der Waals surface area contributed by atoms with Crippen LogP contribution in [0.2, 0.25) is 0 Å². The van der Waals surface area contributed by atoms with Gasteiger partial charge in [-0.1, -0.05) is 0 Å². The fraction of sp³-hybridized carbons (Fsp3) is 0.625. The summed E-state index contributed by atoms with van der Waals surface area (Å²) < 4.78 is 0. The van der Waals surface area contributed by atoms with Crippen molar-refractivity contribution in [2.45, 2.75) is 20.8 Å². The Kier molecular flexibility index (Phi) is 6.04. The van der Waals surface area contributed by atoms with Gasteiger partial charge in [-0.3, -0.25) is 19.5 Å². The fourth-order valence-electron chi connectivity index (χ4n) is 2.64. The topological polar surface area (TPSA) is 69.6 Å². The minimum atomic E-state index is -0.0905. The van der Waals surface area contributed by atoms with Crippen molar-refractivity contribution in [3.63, 3.8) is 0 Å². The third-order valence-electron chi connectivity index (χ3n) is 4.13. The van der Waals surface area contributed by atoms with Crippen molar-refractivity contribution >= 4 is 11.8 Å². The molecule has 2 amide bonds. The van der Waals surface area contributed by atoms with E-state index in [1.807, 2.05) is 25.7 Å². The first-order chi connectivity index (χ1) is 11.0. The van der Waals surface area contributed by atoms with Crippen molar-refractivity contribution in [3.05, 3.63) is 23.8 Å². The smallest absolute Gasteiger partial charge is 0.274 e. The Morgan fingerprint density at radius 3 is 2.26 bits per heavy atom.